The Labute approximate surface area is 149 Å². The molecule has 3 heteroatoms. The molecule has 2 aromatic rings. The van der Waals surface area contributed by atoms with Crippen LogP contribution < -0.4 is 5.73 Å². The number of benzene rings is 2. The second kappa shape index (κ2) is 6.64. The standard InChI is InChI=1S/C18H17N2.U/c1-12-7-8-14(11-13(12)2)18-16-6-4-3-5-15(16)17(19)9-10-20-18;/h3-9H,10,19H2,1-2H3;/q-1;. The van der Waals surface area contributed by atoms with Crippen molar-refractivity contribution < 1.29 is 31.1 Å². The van der Waals surface area contributed by atoms with Gasteiger partial charge in [-0.25, -0.2) is 0 Å². The van der Waals surface area contributed by atoms with Crippen molar-refractivity contribution in [2.24, 2.45) is 10.7 Å². The molecule has 0 saturated heterocycles. The summed E-state index contributed by atoms with van der Waals surface area (Å²) in [6.45, 7) is 4.78. The van der Waals surface area contributed by atoms with Crippen molar-refractivity contribution in [1.29, 1.82) is 0 Å². The Morgan fingerprint density at radius 1 is 1.05 bits per heavy atom. The fourth-order valence-corrected chi connectivity index (χ4v) is 2.42. The Morgan fingerprint density at radius 2 is 1.76 bits per heavy atom. The van der Waals surface area contributed by atoms with Gasteiger partial charge in [0.25, 0.3) is 0 Å². The van der Waals surface area contributed by atoms with E-state index in [1.54, 1.807) is 0 Å². The number of nitrogens with zero attached hydrogens (tertiary/aromatic N) is 1. The third-order valence-corrected chi connectivity index (χ3v) is 3.72. The summed E-state index contributed by atoms with van der Waals surface area (Å²) in [6, 6.07) is 15.8. The van der Waals surface area contributed by atoms with Gasteiger partial charge in [-0.3, -0.25) is 0 Å². The molecule has 0 saturated carbocycles. The normalized spacial score (nSPS) is 13.4. The number of aryl methyl sites for hydroxylation is 2. The molecule has 0 atom stereocenters. The van der Waals surface area contributed by atoms with E-state index >= 15 is 0 Å². The van der Waals surface area contributed by atoms with Crippen molar-refractivity contribution in [2.45, 2.75) is 13.8 Å². The van der Waals surface area contributed by atoms with Crippen LogP contribution in [0.5, 0.6) is 0 Å². The first-order chi connectivity index (χ1) is 9.66. The summed E-state index contributed by atoms with van der Waals surface area (Å²) in [5, 5.41) is 0. The van der Waals surface area contributed by atoms with Crippen LogP contribution in [0.2, 0.25) is 0 Å². The second-order valence-electron chi connectivity index (χ2n) is 5.07. The van der Waals surface area contributed by atoms with Crippen LogP contribution in [0.3, 0.4) is 0 Å². The van der Waals surface area contributed by atoms with E-state index in [4.69, 9.17) is 5.73 Å². The average molecular weight is 499 g/mol. The molecule has 2 N–H and O–H groups in total. The quantitative estimate of drug-likeness (QED) is 0.602. The minimum atomic E-state index is 0. The van der Waals surface area contributed by atoms with Gasteiger partial charge in [-0.2, -0.15) is 0 Å². The number of hydrogen-bond donors (Lipinski definition) is 1. The molecule has 0 fully saturated rings. The molecule has 0 radical (unpaired) electrons. The molecule has 2 nitrogen and oxygen atoms in total. The van der Waals surface area contributed by atoms with Crippen LogP contribution in [-0.2, 0) is 0 Å². The molecule has 3 rings (SSSR count). The number of rotatable bonds is 1. The number of nitrogens with two attached hydrogens (primary N) is 1. The van der Waals surface area contributed by atoms with Gasteiger partial charge in [0.1, 0.15) is 0 Å². The summed E-state index contributed by atoms with van der Waals surface area (Å²) in [5.74, 6) is 0. The zero-order chi connectivity index (χ0) is 14.1. The van der Waals surface area contributed by atoms with Crippen molar-refractivity contribution >= 4 is 11.4 Å². The Balaban J connectivity index is 0.00000161. The van der Waals surface area contributed by atoms with E-state index < -0.39 is 0 Å². The monoisotopic (exact) mass is 499 g/mol. The molecule has 0 aliphatic carbocycles. The smallest absolute Gasteiger partial charge is 0.0493 e. The molecular weight excluding hydrogens is 482 g/mol. The second-order valence-corrected chi connectivity index (χ2v) is 5.07. The predicted molar refractivity (Wildman–Crippen MR) is 83.9 cm³/mol. The summed E-state index contributed by atoms with van der Waals surface area (Å²) in [6.07, 6.45) is 1.97. The fraction of sp³-hybridized carbons (Fsp3) is 0.167. The van der Waals surface area contributed by atoms with Crippen LogP contribution in [0.15, 0.2) is 47.5 Å². The van der Waals surface area contributed by atoms with E-state index in [1.807, 2.05) is 24.3 Å². The van der Waals surface area contributed by atoms with Gasteiger partial charge in [0, 0.05) is 43.4 Å². The maximum absolute atomic E-state index is 6.12. The van der Waals surface area contributed by atoms with Gasteiger partial charge in [-0.1, -0.05) is 38.1 Å². The summed E-state index contributed by atoms with van der Waals surface area (Å²) >= 11 is 0. The van der Waals surface area contributed by atoms with Crippen LogP contribution in [0.4, 0.5) is 0 Å². The molecule has 2 aromatic carbocycles. The van der Waals surface area contributed by atoms with Gasteiger partial charge in [0.15, 0.2) is 0 Å². The largest absolute Gasteiger partial charge is 0.398 e. The Kier molecular flexibility index (Phi) is 5.09. The zero-order valence-corrected chi connectivity index (χ0v) is 16.4. The molecule has 1 aliphatic heterocycles. The van der Waals surface area contributed by atoms with Crippen molar-refractivity contribution in [3.05, 3.63) is 76.4 Å². The van der Waals surface area contributed by atoms with Gasteiger partial charge < -0.3 is 10.7 Å². The molecule has 0 unspecified atom stereocenters. The maximum atomic E-state index is 6.12. The van der Waals surface area contributed by atoms with Crippen LogP contribution in [-0.4, -0.2) is 12.3 Å². The first kappa shape index (κ1) is 16.1. The molecular formula is C18H17N2U-. The van der Waals surface area contributed by atoms with E-state index in [-0.39, 0.29) is 31.1 Å². The Bertz CT molecular complexity index is 730. The summed E-state index contributed by atoms with van der Waals surface area (Å²) in [7, 11) is 0. The minimum absolute atomic E-state index is 0. The molecule has 1 aliphatic rings. The van der Waals surface area contributed by atoms with Crippen molar-refractivity contribution in [3.63, 3.8) is 0 Å². The molecule has 1 heterocycles. The number of hydrogen-bond acceptors (Lipinski definition) is 2. The summed E-state index contributed by atoms with van der Waals surface area (Å²) in [4.78, 5) is 4.68. The van der Waals surface area contributed by atoms with Crippen molar-refractivity contribution in [3.8, 4) is 0 Å². The molecule has 21 heavy (non-hydrogen) atoms. The van der Waals surface area contributed by atoms with Crippen molar-refractivity contribution in [2.75, 3.05) is 6.54 Å². The van der Waals surface area contributed by atoms with Gasteiger partial charge in [0.2, 0.25) is 0 Å². The van der Waals surface area contributed by atoms with E-state index in [9.17, 15) is 0 Å². The Morgan fingerprint density at radius 3 is 2.48 bits per heavy atom. The predicted octanol–water partition coefficient (Wildman–Crippen LogP) is 3.25. The van der Waals surface area contributed by atoms with E-state index in [1.165, 1.54) is 5.56 Å². The van der Waals surface area contributed by atoms with Gasteiger partial charge >= 0.3 is 0 Å². The molecule has 0 bridgehead atoms. The third kappa shape index (κ3) is 3.15. The van der Waals surface area contributed by atoms with E-state index in [2.05, 4.69) is 43.1 Å². The van der Waals surface area contributed by atoms with Crippen LogP contribution in [0, 0.1) is 51.0 Å². The van der Waals surface area contributed by atoms with Gasteiger partial charge in [-0.15, -0.1) is 34.9 Å². The average Bonchev–Trinajstić information content (AvgIpc) is 2.62. The topological polar surface area (TPSA) is 38.4 Å². The number of aliphatic imine (C=N–C) groups is 1. The Hall–Kier alpha value is -1.30. The van der Waals surface area contributed by atoms with Crippen LogP contribution in [0.25, 0.3) is 5.70 Å². The van der Waals surface area contributed by atoms with E-state index in [0.717, 1.165) is 33.7 Å². The van der Waals surface area contributed by atoms with Crippen LogP contribution in [0.1, 0.15) is 27.8 Å². The first-order valence-electron chi connectivity index (χ1n) is 6.76. The SMILES string of the molecule is Cc1[c-]c(C2=NCC=C(N)c3ccccc32)ccc1C.[U]. The van der Waals surface area contributed by atoms with Gasteiger partial charge in [-0.05, 0) is 22.9 Å². The molecule has 104 valence electrons. The first-order valence-corrected chi connectivity index (χ1v) is 6.76. The molecule has 0 amide bonds. The van der Waals surface area contributed by atoms with Crippen molar-refractivity contribution in [1.82, 2.24) is 0 Å². The number of fused-ring (bicyclic) bond motifs is 1. The maximum Gasteiger partial charge on any atom is 0.0493 e. The van der Waals surface area contributed by atoms with E-state index in [0.29, 0.717) is 6.54 Å². The molecule has 0 aromatic heterocycles. The van der Waals surface area contributed by atoms with Gasteiger partial charge in [0.05, 0.1) is 0 Å². The van der Waals surface area contributed by atoms with Crippen LogP contribution >= 0.6 is 0 Å². The molecule has 0 spiro atoms. The fourth-order valence-electron chi connectivity index (χ4n) is 2.42. The zero-order valence-electron chi connectivity index (χ0n) is 12.3. The summed E-state index contributed by atoms with van der Waals surface area (Å²) < 4.78 is 0. The third-order valence-electron chi connectivity index (χ3n) is 3.72. The minimum Gasteiger partial charge on any atom is -0.398 e. The summed E-state index contributed by atoms with van der Waals surface area (Å²) in [5.41, 5.74) is 13.5.